The van der Waals surface area contributed by atoms with Crippen molar-refractivity contribution in [1.29, 1.82) is 0 Å². The van der Waals surface area contributed by atoms with Gasteiger partial charge in [0.15, 0.2) is 0 Å². The zero-order valence-electron chi connectivity index (χ0n) is 13.4. The standard InChI is InChI=1S/C17H29NO2/c1-5-18-15(12-14-6-11-20-13-14)17(19-4)9-7-16(2,3)8-10-17/h6,11,13,15,18H,5,7-10,12H2,1-4H3. The Morgan fingerprint density at radius 2 is 2.00 bits per heavy atom. The van der Waals surface area contributed by atoms with Gasteiger partial charge in [0.2, 0.25) is 0 Å². The third-order valence-corrected chi connectivity index (χ3v) is 4.96. The summed E-state index contributed by atoms with van der Waals surface area (Å²) >= 11 is 0. The molecule has 0 amide bonds. The summed E-state index contributed by atoms with van der Waals surface area (Å²) in [6.07, 6.45) is 9.29. The molecule has 1 N–H and O–H groups in total. The molecule has 1 fully saturated rings. The van der Waals surface area contributed by atoms with Gasteiger partial charge in [-0.1, -0.05) is 20.8 Å². The molecule has 1 heterocycles. The number of nitrogens with one attached hydrogen (secondary N) is 1. The summed E-state index contributed by atoms with van der Waals surface area (Å²) in [5, 5.41) is 3.64. The molecular weight excluding hydrogens is 250 g/mol. The number of rotatable bonds is 6. The van der Waals surface area contributed by atoms with Crippen molar-refractivity contribution >= 4 is 0 Å². The van der Waals surface area contributed by atoms with E-state index in [4.69, 9.17) is 9.15 Å². The van der Waals surface area contributed by atoms with Crippen LogP contribution in [0.15, 0.2) is 23.0 Å². The summed E-state index contributed by atoms with van der Waals surface area (Å²) in [5.74, 6) is 0. The van der Waals surface area contributed by atoms with Crippen molar-refractivity contribution < 1.29 is 9.15 Å². The zero-order chi connectivity index (χ0) is 14.6. The summed E-state index contributed by atoms with van der Waals surface area (Å²) < 4.78 is 11.3. The fraction of sp³-hybridized carbons (Fsp3) is 0.765. The maximum Gasteiger partial charge on any atom is 0.0935 e. The molecule has 0 saturated heterocycles. The Labute approximate surface area is 123 Å². The van der Waals surface area contributed by atoms with Crippen molar-refractivity contribution in [1.82, 2.24) is 5.32 Å². The number of likely N-dealkylation sites (N-methyl/N-ethyl adjacent to an activating group) is 1. The molecule has 0 radical (unpaired) electrons. The number of ether oxygens (including phenoxy) is 1. The van der Waals surface area contributed by atoms with E-state index in [9.17, 15) is 0 Å². The first-order valence-electron chi connectivity index (χ1n) is 7.81. The van der Waals surface area contributed by atoms with Gasteiger partial charge in [-0.3, -0.25) is 0 Å². The van der Waals surface area contributed by atoms with Gasteiger partial charge in [0.25, 0.3) is 0 Å². The van der Waals surface area contributed by atoms with Gasteiger partial charge in [-0.15, -0.1) is 0 Å². The highest BCUT2D eigenvalue weighted by molar-refractivity contribution is 5.11. The van der Waals surface area contributed by atoms with Crippen LogP contribution in [0.5, 0.6) is 0 Å². The lowest BCUT2D eigenvalue weighted by atomic mass is 9.67. The normalized spacial score (nSPS) is 22.6. The smallest absolute Gasteiger partial charge is 0.0935 e. The first-order valence-corrected chi connectivity index (χ1v) is 7.81. The minimum absolute atomic E-state index is 0.0389. The van der Waals surface area contributed by atoms with Crippen molar-refractivity contribution in [2.24, 2.45) is 5.41 Å². The third-order valence-electron chi connectivity index (χ3n) is 4.96. The molecule has 1 aliphatic carbocycles. The highest BCUT2D eigenvalue weighted by atomic mass is 16.5. The molecule has 1 unspecified atom stereocenters. The van der Waals surface area contributed by atoms with Crippen LogP contribution >= 0.6 is 0 Å². The highest BCUT2D eigenvalue weighted by Crippen LogP contribution is 2.43. The average molecular weight is 279 g/mol. The van der Waals surface area contributed by atoms with E-state index >= 15 is 0 Å². The molecule has 20 heavy (non-hydrogen) atoms. The largest absolute Gasteiger partial charge is 0.472 e. The topological polar surface area (TPSA) is 34.4 Å². The van der Waals surface area contributed by atoms with Gasteiger partial charge in [0.05, 0.1) is 18.1 Å². The van der Waals surface area contributed by atoms with E-state index in [1.165, 1.54) is 18.4 Å². The van der Waals surface area contributed by atoms with Crippen LogP contribution in [0.3, 0.4) is 0 Å². The Hall–Kier alpha value is -0.800. The Morgan fingerprint density at radius 1 is 1.30 bits per heavy atom. The second-order valence-electron chi connectivity index (χ2n) is 6.88. The Balaban J connectivity index is 2.12. The fourth-order valence-electron chi connectivity index (χ4n) is 3.38. The van der Waals surface area contributed by atoms with E-state index in [1.54, 1.807) is 6.26 Å². The average Bonchev–Trinajstić information content (AvgIpc) is 2.92. The maximum atomic E-state index is 6.04. The van der Waals surface area contributed by atoms with E-state index in [-0.39, 0.29) is 5.60 Å². The van der Waals surface area contributed by atoms with Crippen LogP contribution in [0.4, 0.5) is 0 Å². The third kappa shape index (κ3) is 3.44. The van der Waals surface area contributed by atoms with Crippen molar-refractivity contribution in [3.63, 3.8) is 0 Å². The summed E-state index contributed by atoms with van der Waals surface area (Å²) in [6, 6.07) is 2.41. The minimum Gasteiger partial charge on any atom is -0.472 e. The van der Waals surface area contributed by atoms with E-state index in [2.05, 4.69) is 32.2 Å². The predicted molar refractivity (Wildman–Crippen MR) is 81.9 cm³/mol. The van der Waals surface area contributed by atoms with Gasteiger partial charge in [0.1, 0.15) is 0 Å². The number of methoxy groups -OCH3 is 1. The number of furan rings is 1. The SMILES string of the molecule is CCNC(Cc1ccoc1)C1(OC)CCC(C)(C)CC1. The number of hydrogen-bond acceptors (Lipinski definition) is 3. The van der Waals surface area contributed by atoms with Crippen LogP contribution in [0.2, 0.25) is 0 Å². The molecule has 1 aromatic heterocycles. The van der Waals surface area contributed by atoms with E-state index in [0.717, 1.165) is 25.8 Å². The highest BCUT2D eigenvalue weighted by Gasteiger charge is 2.43. The van der Waals surface area contributed by atoms with Gasteiger partial charge in [-0.05, 0) is 55.7 Å². The molecule has 0 bridgehead atoms. The van der Waals surface area contributed by atoms with Gasteiger partial charge >= 0.3 is 0 Å². The fourth-order valence-corrected chi connectivity index (χ4v) is 3.38. The van der Waals surface area contributed by atoms with Crippen LogP contribution in [-0.2, 0) is 11.2 Å². The molecule has 0 aromatic carbocycles. The van der Waals surface area contributed by atoms with Crippen molar-refractivity contribution in [3.8, 4) is 0 Å². The van der Waals surface area contributed by atoms with Crippen LogP contribution < -0.4 is 5.32 Å². The van der Waals surface area contributed by atoms with Crippen molar-refractivity contribution in [2.45, 2.75) is 64.5 Å². The van der Waals surface area contributed by atoms with Crippen molar-refractivity contribution in [2.75, 3.05) is 13.7 Å². The first-order chi connectivity index (χ1) is 9.51. The Bertz CT molecular complexity index is 387. The Kier molecular flexibility index (Phi) is 4.92. The van der Waals surface area contributed by atoms with Crippen LogP contribution in [0, 0.1) is 5.41 Å². The molecule has 114 valence electrons. The molecule has 0 aliphatic heterocycles. The lowest BCUT2D eigenvalue weighted by Crippen LogP contribution is -2.55. The van der Waals surface area contributed by atoms with E-state index < -0.39 is 0 Å². The second kappa shape index (κ2) is 6.31. The summed E-state index contributed by atoms with van der Waals surface area (Å²) in [5.41, 5.74) is 1.66. The predicted octanol–water partition coefficient (Wildman–Crippen LogP) is 3.79. The minimum atomic E-state index is -0.0389. The maximum absolute atomic E-state index is 6.04. The van der Waals surface area contributed by atoms with Crippen LogP contribution in [-0.4, -0.2) is 25.3 Å². The quantitative estimate of drug-likeness (QED) is 0.860. The molecule has 1 aliphatic rings. The van der Waals surface area contributed by atoms with Crippen LogP contribution in [0.25, 0.3) is 0 Å². The monoisotopic (exact) mass is 279 g/mol. The van der Waals surface area contributed by atoms with Crippen molar-refractivity contribution in [3.05, 3.63) is 24.2 Å². The summed E-state index contributed by atoms with van der Waals surface area (Å²) in [7, 11) is 1.87. The lowest BCUT2D eigenvalue weighted by Gasteiger charge is -2.47. The lowest BCUT2D eigenvalue weighted by molar-refractivity contribution is -0.0858. The zero-order valence-corrected chi connectivity index (χ0v) is 13.4. The second-order valence-corrected chi connectivity index (χ2v) is 6.88. The van der Waals surface area contributed by atoms with Gasteiger partial charge in [0, 0.05) is 13.2 Å². The first kappa shape index (κ1) is 15.6. The number of hydrogen-bond donors (Lipinski definition) is 1. The van der Waals surface area contributed by atoms with E-state index in [1.807, 2.05) is 13.4 Å². The van der Waals surface area contributed by atoms with Gasteiger partial charge in [-0.25, -0.2) is 0 Å². The van der Waals surface area contributed by atoms with Gasteiger partial charge < -0.3 is 14.5 Å². The molecular formula is C17H29NO2. The summed E-state index contributed by atoms with van der Waals surface area (Å²) in [4.78, 5) is 0. The molecule has 3 heteroatoms. The molecule has 1 aromatic rings. The molecule has 0 spiro atoms. The Morgan fingerprint density at radius 3 is 2.50 bits per heavy atom. The summed E-state index contributed by atoms with van der Waals surface area (Å²) in [6.45, 7) is 7.87. The van der Waals surface area contributed by atoms with Crippen LogP contribution in [0.1, 0.15) is 52.0 Å². The molecule has 3 nitrogen and oxygen atoms in total. The molecule has 1 atom stereocenters. The van der Waals surface area contributed by atoms with E-state index in [0.29, 0.717) is 11.5 Å². The molecule has 2 rings (SSSR count). The van der Waals surface area contributed by atoms with Gasteiger partial charge in [-0.2, -0.15) is 0 Å². The molecule has 1 saturated carbocycles.